The molecule has 0 bridgehead atoms. The van der Waals surface area contributed by atoms with Gasteiger partial charge in [-0.15, -0.1) is 0 Å². The molecule has 2 unspecified atom stereocenters. The van der Waals surface area contributed by atoms with E-state index in [2.05, 4.69) is 43.4 Å². The summed E-state index contributed by atoms with van der Waals surface area (Å²) in [5, 5.41) is 2.41. The molecule has 2 atom stereocenters. The number of nitrogens with one attached hydrogen (secondary N) is 1. The Morgan fingerprint density at radius 2 is 1.92 bits per heavy atom. The van der Waals surface area contributed by atoms with E-state index in [0.717, 1.165) is 6.54 Å². The molecule has 0 spiro atoms. The van der Waals surface area contributed by atoms with Crippen LogP contribution in [-0.2, 0) is 0 Å². The first-order valence-electron chi connectivity index (χ1n) is 5.38. The first-order chi connectivity index (χ1) is 6.25. The van der Waals surface area contributed by atoms with Crippen LogP contribution < -0.4 is 5.43 Å². The second-order valence-corrected chi connectivity index (χ2v) is 3.97. The molecule has 1 heterocycles. The third-order valence-corrected chi connectivity index (χ3v) is 2.82. The van der Waals surface area contributed by atoms with Crippen molar-refractivity contribution in [3.63, 3.8) is 0 Å². The summed E-state index contributed by atoms with van der Waals surface area (Å²) in [6.07, 6.45) is 8.28. The summed E-state index contributed by atoms with van der Waals surface area (Å²) in [7, 11) is 0. The molecule has 0 aromatic carbocycles. The lowest BCUT2D eigenvalue weighted by Crippen LogP contribution is -2.51. The summed E-state index contributed by atoms with van der Waals surface area (Å²) in [5.41, 5.74) is 3.47. The largest absolute Gasteiger partial charge is 0.251 e. The van der Waals surface area contributed by atoms with Gasteiger partial charge in [-0.25, -0.2) is 5.01 Å². The maximum absolute atomic E-state index is 3.47. The Kier molecular flexibility index (Phi) is 4.46. The highest BCUT2D eigenvalue weighted by Gasteiger charge is 2.23. The van der Waals surface area contributed by atoms with Crippen LogP contribution in [0.5, 0.6) is 0 Å². The first-order valence-corrected chi connectivity index (χ1v) is 5.38. The standard InChI is InChI=1S/C11H22N2/c1-4-5-9-12-13-10(2)7-6-8-11(13)3/h4-5,10-12H,6-9H2,1-3H3/b5-4+. The lowest BCUT2D eigenvalue weighted by molar-refractivity contribution is 0.0513. The average Bonchev–Trinajstić information content (AvgIpc) is 2.10. The van der Waals surface area contributed by atoms with Gasteiger partial charge in [-0.05, 0) is 33.6 Å². The van der Waals surface area contributed by atoms with Crippen molar-refractivity contribution >= 4 is 0 Å². The van der Waals surface area contributed by atoms with Gasteiger partial charge in [0, 0.05) is 18.6 Å². The van der Waals surface area contributed by atoms with Crippen LogP contribution in [0.3, 0.4) is 0 Å². The van der Waals surface area contributed by atoms with E-state index in [0.29, 0.717) is 12.1 Å². The summed E-state index contributed by atoms with van der Waals surface area (Å²) >= 11 is 0. The van der Waals surface area contributed by atoms with Crippen LogP contribution in [0.1, 0.15) is 40.0 Å². The van der Waals surface area contributed by atoms with Crippen LogP contribution in [-0.4, -0.2) is 23.6 Å². The van der Waals surface area contributed by atoms with E-state index in [-0.39, 0.29) is 0 Å². The second-order valence-electron chi connectivity index (χ2n) is 3.97. The van der Waals surface area contributed by atoms with E-state index in [1.807, 2.05) is 0 Å². The minimum absolute atomic E-state index is 0.689. The molecule has 1 rings (SSSR count). The van der Waals surface area contributed by atoms with Gasteiger partial charge in [0.1, 0.15) is 0 Å². The summed E-state index contributed by atoms with van der Waals surface area (Å²) in [6.45, 7) is 7.63. The summed E-state index contributed by atoms with van der Waals surface area (Å²) in [4.78, 5) is 0. The van der Waals surface area contributed by atoms with Crippen molar-refractivity contribution in [1.82, 2.24) is 10.4 Å². The van der Waals surface area contributed by atoms with Crippen molar-refractivity contribution in [1.29, 1.82) is 0 Å². The van der Waals surface area contributed by atoms with E-state index in [1.54, 1.807) is 0 Å². The van der Waals surface area contributed by atoms with Gasteiger partial charge >= 0.3 is 0 Å². The van der Waals surface area contributed by atoms with Crippen LogP contribution in [0.2, 0.25) is 0 Å². The Bertz CT molecular complexity index is 155. The SMILES string of the molecule is C/C=C/CNN1C(C)CCCC1C. The number of hydrogen-bond acceptors (Lipinski definition) is 2. The maximum atomic E-state index is 3.47. The molecule has 76 valence electrons. The van der Waals surface area contributed by atoms with Gasteiger partial charge in [0.25, 0.3) is 0 Å². The molecule has 0 aliphatic carbocycles. The Hall–Kier alpha value is -0.340. The maximum Gasteiger partial charge on any atom is 0.0283 e. The zero-order valence-corrected chi connectivity index (χ0v) is 9.09. The topological polar surface area (TPSA) is 15.3 Å². The van der Waals surface area contributed by atoms with E-state index in [9.17, 15) is 0 Å². The number of hydrazine groups is 1. The Balaban J connectivity index is 2.35. The third-order valence-electron chi connectivity index (χ3n) is 2.82. The molecule has 13 heavy (non-hydrogen) atoms. The number of piperidine rings is 1. The summed E-state index contributed by atoms with van der Waals surface area (Å²) in [6, 6.07) is 1.38. The van der Waals surface area contributed by atoms with Crippen molar-refractivity contribution in [3.05, 3.63) is 12.2 Å². The number of allylic oxidation sites excluding steroid dienone is 1. The van der Waals surface area contributed by atoms with Crippen molar-refractivity contribution in [3.8, 4) is 0 Å². The van der Waals surface area contributed by atoms with Gasteiger partial charge in [0.2, 0.25) is 0 Å². The van der Waals surface area contributed by atoms with Gasteiger partial charge < -0.3 is 0 Å². The summed E-state index contributed by atoms with van der Waals surface area (Å²) in [5.74, 6) is 0. The molecule has 0 aromatic heterocycles. The van der Waals surface area contributed by atoms with Gasteiger partial charge in [0.05, 0.1) is 0 Å². The molecule has 1 N–H and O–H groups in total. The van der Waals surface area contributed by atoms with Crippen molar-refractivity contribution in [2.24, 2.45) is 0 Å². The van der Waals surface area contributed by atoms with E-state index < -0.39 is 0 Å². The fraction of sp³-hybridized carbons (Fsp3) is 0.818. The van der Waals surface area contributed by atoms with Gasteiger partial charge in [0.15, 0.2) is 0 Å². The number of hydrogen-bond donors (Lipinski definition) is 1. The zero-order valence-electron chi connectivity index (χ0n) is 9.09. The average molecular weight is 182 g/mol. The Morgan fingerprint density at radius 1 is 1.31 bits per heavy atom. The molecule has 2 nitrogen and oxygen atoms in total. The molecule has 0 aromatic rings. The molecule has 1 aliphatic rings. The molecule has 1 aliphatic heterocycles. The molecule has 1 saturated heterocycles. The van der Waals surface area contributed by atoms with Gasteiger partial charge in [-0.2, -0.15) is 0 Å². The van der Waals surface area contributed by atoms with Gasteiger partial charge in [-0.1, -0.05) is 18.6 Å². The monoisotopic (exact) mass is 182 g/mol. The van der Waals surface area contributed by atoms with E-state index in [4.69, 9.17) is 0 Å². The Morgan fingerprint density at radius 3 is 2.46 bits per heavy atom. The minimum Gasteiger partial charge on any atom is -0.251 e. The lowest BCUT2D eigenvalue weighted by atomic mass is 10.00. The normalized spacial score (nSPS) is 31.3. The van der Waals surface area contributed by atoms with Crippen LogP contribution in [0.25, 0.3) is 0 Å². The van der Waals surface area contributed by atoms with Crippen LogP contribution in [0, 0.1) is 0 Å². The third kappa shape index (κ3) is 3.12. The molecule has 0 amide bonds. The smallest absolute Gasteiger partial charge is 0.0283 e. The predicted octanol–water partition coefficient (Wildman–Crippen LogP) is 2.33. The fourth-order valence-corrected chi connectivity index (χ4v) is 2.01. The highest BCUT2D eigenvalue weighted by Crippen LogP contribution is 2.19. The van der Waals surface area contributed by atoms with E-state index in [1.165, 1.54) is 19.3 Å². The number of nitrogens with zero attached hydrogens (tertiary/aromatic N) is 1. The molecule has 0 radical (unpaired) electrons. The zero-order chi connectivity index (χ0) is 9.68. The van der Waals surface area contributed by atoms with Crippen molar-refractivity contribution < 1.29 is 0 Å². The summed E-state index contributed by atoms with van der Waals surface area (Å²) < 4.78 is 0. The quantitative estimate of drug-likeness (QED) is 0.674. The van der Waals surface area contributed by atoms with Gasteiger partial charge in [-0.3, -0.25) is 5.43 Å². The highest BCUT2D eigenvalue weighted by molar-refractivity contribution is 4.82. The van der Waals surface area contributed by atoms with Crippen molar-refractivity contribution in [2.45, 2.75) is 52.1 Å². The predicted molar refractivity (Wildman–Crippen MR) is 57.4 cm³/mol. The molecule has 1 fully saturated rings. The first kappa shape index (κ1) is 10.7. The fourth-order valence-electron chi connectivity index (χ4n) is 2.01. The number of rotatable bonds is 3. The second kappa shape index (κ2) is 5.40. The van der Waals surface area contributed by atoms with Crippen LogP contribution >= 0.6 is 0 Å². The van der Waals surface area contributed by atoms with E-state index >= 15 is 0 Å². The lowest BCUT2D eigenvalue weighted by Gasteiger charge is -2.38. The molecular formula is C11H22N2. The van der Waals surface area contributed by atoms with Crippen LogP contribution in [0.4, 0.5) is 0 Å². The minimum atomic E-state index is 0.689. The Labute approximate surface area is 82.0 Å². The molecule has 0 saturated carbocycles. The molecule has 2 heteroatoms. The van der Waals surface area contributed by atoms with Crippen LogP contribution in [0.15, 0.2) is 12.2 Å². The van der Waals surface area contributed by atoms with Crippen molar-refractivity contribution in [2.75, 3.05) is 6.54 Å². The highest BCUT2D eigenvalue weighted by atomic mass is 15.5. The molecular weight excluding hydrogens is 160 g/mol.